The maximum atomic E-state index is 5.45. The molecular formula is C21H41N5O. The molecule has 0 bridgehead atoms. The number of piperidine rings is 1. The summed E-state index contributed by atoms with van der Waals surface area (Å²) in [7, 11) is 0. The maximum absolute atomic E-state index is 5.45. The largest absolute Gasteiger partial charge is 0.379 e. The molecule has 3 fully saturated rings. The average molecular weight is 380 g/mol. The molecule has 3 rings (SSSR count). The SMILES string of the molecule is CCNC(=NCC(C)CN1CCOCC1)N1CCC(CN2CCCCC2)C1. The zero-order chi connectivity index (χ0) is 18.9. The van der Waals surface area contributed by atoms with Crippen molar-refractivity contribution in [2.45, 2.75) is 39.5 Å². The van der Waals surface area contributed by atoms with E-state index in [1.807, 2.05) is 0 Å². The molecule has 156 valence electrons. The molecule has 0 radical (unpaired) electrons. The number of aliphatic imine (C=N–C) groups is 1. The second-order valence-electron chi connectivity index (χ2n) is 8.67. The van der Waals surface area contributed by atoms with Crippen LogP contribution in [0.15, 0.2) is 4.99 Å². The van der Waals surface area contributed by atoms with Crippen molar-refractivity contribution in [2.24, 2.45) is 16.8 Å². The van der Waals surface area contributed by atoms with E-state index in [0.29, 0.717) is 5.92 Å². The van der Waals surface area contributed by atoms with Gasteiger partial charge in [-0.1, -0.05) is 13.3 Å². The molecule has 2 atom stereocenters. The molecule has 0 aliphatic carbocycles. The van der Waals surface area contributed by atoms with Gasteiger partial charge in [-0.25, -0.2) is 0 Å². The van der Waals surface area contributed by atoms with Crippen LogP contribution in [0.2, 0.25) is 0 Å². The van der Waals surface area contributed by atoms with Crippen molar-refractivity contribution >= 4 is 5.96 Å². The fraction of sp³-hybridized carbons (Fsp3) is 0.952. The Labute approximate surface area is 166 Å². The molecule has 6 heteroatoms. The molecule has 0 aromatic heterocycles. The molecule has 0 aromatic carbocycles. The van der Waals surface area contributed by atoms with Crippen LogP contribution in [-0.2, 0) is 4.74 Å². The first-order valence-corrected chi connectivity index (χ1v) is 11.3. The minimum absolute atomic E-state index is 0.587. The summed E-state index contributed by atoms with van der Waals surface area (Å²) in [5.74, 6) is 2.52. The Bertz CT molecular complexity index is 446. The summed E-state index contributed by atoms with van der Waals surface area (Å²) in [6.07, 6.45) is 5.51. The van der Waals surface area contributed by atoms with Crippen molar-refractivity contribution < 1.29 is 4.74 Å². The molecule has 6 nitrogen and oxygen atoms in total. The van der Waals surface area contributed by atoms with Gasteiger partial charge in [0, 0.05) is 52.4 Å². The normalized spacial score (nSPS) is 27.1. The summed E-state index contributed by atoms with van der Waals surface area (Å²) < 4.78 is 5.45. The minimum Gasteiger partial charge on any atom is -0.379 e. The molecule has 2 unspecified atom stereocenters. The Balaban J connectivity index is 1.44. The molecule has 0 amide bonds. The molecule has 0 aromatic rings. The number of hydrogen-bond donors (Lipinski definition) is 1. The van der Waals surface area contributed by atoms with Crippen LogP contribution in [0.4, 0.5) is 0 Å². The van der Waals surface area contributed by atoms with Crippen molar-refractivity contribution in [1.82, 2.24) is 20.0 Å². The van der Waals surface area contributed by atoms with Gasteiger partial charge >= 0.3 is 0 Å². The highest BCUT2D eigenvalue weighted by molar-refractivity contribution is 5.80. The number of nitrogens with one attached hydrogen (secondary N) is 1. The summed E-state index contributed by atoms with van der Waals surface area (Å²) >= 11 is 0. The highest BCUT2D eigenvalue weighted by Gasteiger charge is 2.27. The molecule has 0 spiro atoms. The Kier molecular flexibility index (Phi) is 8.68. The molecule has 27 heavy (non-hydrogen) atoms. The van der Waals surface area contributed by atoms with Crippen molar-refractivity contribution in [3.63, 3.8) is 0 Å². The molecule has 3 saturated heterocycles. The third kappa shape index (κ3) is 6.91. The van der Waals surface area contributed by atoms with E-state index in [1.165, 1.54) is 51.9 Å². The van der Waals surface area contributed by atoms with Gasteiger partial charge < -0.3 is 19.9 Å². The van der Waals surface area contributed by atoms with Crippen LogP contribution in [0, 0.1) is 11.8 Å². The smallest absolute Gasteiger partial charge is 0.193 e. The highest BCUT2D eigenvalue weighted by atomic mass is 16.5. The van der Waals surface area contributed by atoms with Crippen molar-refractivity contribution in [1.29, 1.82) is 0 Å². The average Bonchev–Trinajstić information content (AvgIpc) is 3.15. The number of nitrogens with zero attached hydrogens (tertiary/aromatic N) is 4. The predicted octanol–water partition coefficient (Wildman–Crippen LogP) is 1.73. The topological polar surface area (TPSA) is 43.3 Å². The van der Waals surface area contributed by atoms with Crippen LogP contribution in [-0.4, -0.2) is 99.3 Å². The number of likely N-dealkylation sites (tertiary alicyclic amines) is 2. The minimum atomic E-state index is 0.587. The van der Waals surface area contributed by atoms with Gasteiger partial charge in [-0.3, -0.25) is 9.89 Å². The van der Waals surface area contributed by atoms with Gasteiger partial charge in [0.25, 0.3) is 0 Å². The Morgan fingerprint density at radius 1 is 1.07 bits per heavy atom. The van der Waals surface area contributed by atoms with Crippen molar-refractivity contribution in [2.75, 3.05) is 78.7 Å². The van der Waals surface area contributed by atoms with E-state index in [9.17, 15) is 0 Å². The molecule has 0 saturated carbocycles. The quantitative estimate of drug-likeness (QED) is 0.539. The third-order valence-electron chi connectivity index (χ3n) is 6.11. The van der Waals surface area contributed by atoms with Gasteiger partial charge in [-0.2, -0.15) is 0 Å². The van der Waals surface area contributed by atoms with Crippen molar-refractivity contribution in [3.8, 4) is 0 Å². The Morgan fingerprint density at radius 3 is 2.59 bits per heavy atom. The number of rotatable bonds is 7. The lowest BCUT2D eigenvalue weighted by Gasteiger charge is -2.29. The van der Waals surface area contributed by atoms with E-state index in [2.05, 4.69) is 33.9 Å². The summed E-state index contributed by atoms with van der Waals surface area (Å²) in [6, 6.07) is 0. The molecule has 3 aliphatic rings. The van der Waals surface area contributed by atoms with E-state index in [4.69, 9.17) is 9.73 Å². The predicted molar refractivity (Wildman–Crippen MR) is 112 cm³/mol. The van der Waals surface area contributed by atoms with Crippen LogP contribution in [0.5, 0.6) is 0 Å². The summed E-state index contributed by atoms with van der Waals surface area (Å²) in [5, 5.41) is 3.54. The maximum Gasteiger partial charge on any atom is 0.193 e. The van der Waals surface area contributed by atoms with Crippen LogP contribution < -0.4 is 5.32 Å². The Morgan fingerprint density at radius 2 is 1.85 bits per heavy atom. The molecule has 1 N–H and O–H groups in total. The van der Waals surface area contributed by atoms with Gasteiger partial charge in [0.05, 0.1) is 13.2 Å². The van der Waals surface area contributed by atoms with Crippen LogP contribution in [0.3, 0.4) is 0 Å². The lowest BCUT2D eigenvalue weighted by molar-refractivity contribution is 0.0323. The lowest BCUT2D eigenvalue weighted by Crippen LogP contribution is -2.42. The number of hydrogen-bond acceptors (Lipinski definition) is 4. The first-order valence-electron chi connectivity index (χ1n) is 11.3. The van der Waals surface area contributed by atoms with E-state index in [-0.39, 0.29) is 0 Å². The van der Waals surface area contributed by atoms with Gasteiger partial charge in [-0.05, 0) is 51.1 Å². The first-order chi connectivity index (χ1) is 13.2. The standard InChI is InChI=1S/C21H41N5O/c1-3-22-21(23-15-19(2)16-25-11-13-27-14-12-25)26-10-7-20(18-26)17-24-8-5-4-6-9-24/h19-20H,3-18H2,1-2H3,(H,22,23). The number of guanidine groups is 1. The molecule has 3 heterocycles. The lowest BCUT2D eigenvalue weighted by atomic mass is 10.1. The zero-order valence-corrected chi connectivity index (χ0v) is 17.7. The van der Waals surface area contributed by atoms with Crippen LogP contribution in [0.1, 0.15) is 39.5 Å². The van der Waals surface area contributed by atoms with Gasteiger partial charge in [0.1, 0.15) is 0 Å². The van der Waals surface area contributed by atoms with Gasteiger partial charge in [0.15, 0.2) is 5.96 Å². The van der Waals surface area contributed by atoms with E-state index in [1.54, 1.807) is 0 Å². The van der Waals surface area contributed by atoms with Gasteiger partial charge in [-0.15, -0.1) is 0 Å². The summed E-state index contributed by atoms with van der Waals surface area (Å²) in [5.41, 5.74) is 0. The van der Waals surface area contributed by atoms with E-state index >= 15 is 0 Å². The third-order valence-corrected chi connectivity index (χ3v) is 6.11. The van der Waals surface area contributed by atoms with E-state index < -0.39 is 0 Å². The zero-order valence-electron chi connectivity index (χ0n) is 17.7. The first kappa shape index (κ1) is 20.9. The van der Waals surface area contributed by atoms with Crippen molar-refractivity contribution in [3.05, 3.63) is 0 Å². The number of morpholine rings is 1. The van der Waals surface area contributed by atoms with Crippen LogP contribution >= 0.6 is 0 Å². The fourth-order valence-electron chi connectivity index (χ4n) is 4.63. The van der Waals surface area contributed by atoms with E-state index in [0.717, 1.165) is 64.4 Å². The summed E-state index contributed by atoms with van der Waals surface area (Å²) in [6.45, 7) is 17.6. The molecular weight excluding hydrogens is 338 g/mol. The molecule has 3 aliphatic heterocycles. The van der Waals surface area contributed by atoms with Gasteiger partial charge in [0.2, 0.25) is 0 Å². The highest BCUT2D eigenvalue weighted by Crippen LogP contribution is 2.20. The second kappa shape index (κ2) is 11.2. The second-order valence-corrected chi connectivity index (χ2v) is 8.67. The monoisotopic (exact) mass is 379 g/mol. The number of ether oxygens (including phenoxy) is 1. The summed E-state index contributed by atoms with van der Waals surface area (Å²) in [4.78, 5) is 12.7. The Hall–Kier alpha value is -0.850. The fourth-order valence-corrected chi connectivity index (χ4v) is 4.63. The van der Waals surface area contributed by atoms with Crippen LogP contribution in [0.25, 0.3) is 0 Å².